The molecule has 0 aliphatic carbocycles. The summed E-state index contributed by atoms with van der Waals surface area (Å²) < 4.78 is 11.5. The van der Waals surface area contributed by atoms with Crippen molar-refractivity contribution in [2.75, 3.05) is 20.3 Å². The highest BCUT2D eigenvalue weighted by Crippen LogP contribution is 2.24. The lowest BCUT2D eigenvalue weighted by molar-refractivity contribution is 0.0223. The predicted octanol–water partition coefficient (Wildman–Crippen LogP) is 3.58. The zero-order valence-electron chi connectivity index (χ0n) is 13.6. The van der Waals surface area contributed by atoms with E-state index in [-0.39, 0.29) is 6.61 Å². The minimum absolute atomic E-state index is 0.0264. The lowest BCUT2D eigenvalue weighted by Gasteiger charge is -2.27. The van der Waals surface area contributed by atoms with Crippen molar-refractivity contribution in [2.24, 2.45) is 0 Å². The fourth-order valence-corrected chi connectivity index (χ4v) is 2.20. The summed E-state index contributed by atoms with van der Waals surface area (Å²) >= 11 is 3.48. The highest BCUT2D eigenvalue weighted by Gasteiger charge is 2.22. The molecule has 0 atom stereocenters. The number of amides is 1. The third-order valence-electron chi connectivity index (χ3n) is 2.85. The Morgan fingerprint density at radius 1 is 1.36 bits per heavy atom. The van der Waals surface area contributed by atoms with Crippen LogP contribution in [0.5, 0.6) is 5.75 Å². The number of rotatable bonds is 6. The van der Waals surface area contributed by atoms with Crippen molar-refractivity contribution < 1.29 is 19.4 Å². The van der Waals surface area contributed by atoms with E-state index in [0.29, 0.717) is 19.5 Å². The maximum Gasteiger partial charge on any atom is 0.410 e. The van der Waals surface area contributed by atoms with Crippen LogP contribution in [0, 0.1) is 0 Å². The van der Waals surface area contributed by atoms with Gasteiger partial charge in [0.2, 0.25) is 0 Å². The maximum atomic E-state index is 12.3. The number of carbonyl (C=O) groups is 1. The van der Waals surface area contributed by atoms with Crippen LogP contribution in [0.25, 0.3) is 0 Å². The quantitative estimate of drug-likeness (QED) is 0.827. The molecule has 0 aliphatic heterocycles. The molecular weight excluding hydrogens is 350 g/mol. The Hall–Kier alpha value is -1.27. The Kier molecular flexibility index (Phi) is 7.16. The Morgan fingerprint density at radius 2 is 2.05 bits per heavy atom. The molecule has 1 rings (SSSR count). The molecule has 0 spiro atoms. The highest BCUT2D eigenvalue weighted by molar-refractivity contribution is 9.10. The third-order valence-corrected chi connectivity index (χ3v) is 3.63. The lowest BCUT2D eigenvalue weighted by atomic mass is 10.2. The Balaban J connectivity index is 2.91. The van der Waals surface area contributed by atoms with Crippen molar-refractivity contribution in [3.63, 3.8) is 0 Å². The second-order valence-electron chi connectivity index (χ2n) is 5.94. The molecular formula is C16H24BrNO4. The van der Waals surface area contributed by atoms with E-state index in [2.05, 4.69) is 15.9 Å². The predicted molar refractivity (Wildman–Crippen MR) is 89.0 cm³/mol. The second kappa shape index (κ2) is 8.39. The molecule has 0 saturated carbocycles. The molecule has 1 N–H and O–H groups in total. The fraction of sp³-hybridized carbons (Fsp3) is 0.562. The standard InChI is InChI=1S/C16H24BrNO4/c1-16(2,3)22-15(20)18(8-5-9-19)11-12-10-13(21-4)6-7-14(12)17/h6-7,10,19H,5,8-9,11H2,1-4H3. The van der Waals surface area contributed by atoms with Crippen LogP contribution >= 0.6 is 15.9 Å². The average molecular weight is 374 g/mol. The Bertz CT molecular complexity index is 499. The molecule has 1 aromatic carbocycles. The molecule has 6 heteroatoms. The molecule has 0 heterocycles. The molecule has 124 valence electrons. The van der Waals surface area contributed by atoms with Gasteiger partial charge in [-0.2, -0.15) is 0 Å². The average Bonchev–Trinajstić information content (AvgIpc) is 2.43. The van der Waals surface area contributed by atoms with Crippen molar-refractivity contribution in [2.45, 2.75) is 39.3 Å². The molecule has 1 amide bonds. The number of halogens is 1. The van der Waals surface area contributed by atoms with Gasteiger partial charge in [-0.1, -0.05) is 15.9 Å². The van der Waals surface area contributed by atoms with E-state index in [4.69, 9.17) is 14.6 Å². The van der Waals surface area contributed by atoms with E-state index in [1.807, 2.05) is 39.0 Å². The normalized spacial score (nSPS) is 11.2. The molecule has 0 fully saturated rings. The number of aliphatic hydroxyl groups is 1. The highest BCUT2D eigenvalue weighted by atomic mass is 79.9. The van der Waals surface area contributed by atoms with Crippen LogP contribution in [-0.4, -0.2) is 42.0 Å². The maximum absolute atomic E-state index is 12.3. The summed E-state index contributed by atoms with van der Waals surface area (Å²) in [6, 6.07) is 5.60. The first-order valence-corrected chi connectivity index (χ1v) is 7.97. The lowest BCUT2D eigenvalue weighted by Crippen LogP contribution is -2.37. The number of aliphatic hydroxyl groups excluding tert-OH is 1. The van der Waals surface area contributed by atoms with Gasteiger partial charge < -0.3 is 19.5 Å². The van der Waals surface area contributed by atoms with E-state index in [0.717, 1.165) is 15.8 Å². The molecule has 0 unspecified atom stereocenters. The van der Waals surface area contributed by atoms with Crippen LogP contribution in [0.1, 0.15) is 32.8 Å². The molecule has 0 saturated heterocycles. The molecule has 5 nitrogen and oxygen atoms in total. The van der Waals surface area contributed by atoms with Gasteiger partial charge in [0.25, 0.3) is 0 Å². The first-order chi connectivity index (χ1) is 10.3. The van der Waals surface area contributed by atoms with Gasteiger partial charge in [-0.05, 0) is 51.0 Å². The molecule has 0 aliphatic rings. The van der Waals surface area contributed by atoms with E-state index < -0.39 is 11.7 Å². The van der Waals surface area contributed by atoms with E-state index in [1.54, 1.807) is 12.0 Å². The van der Waals surface area contributed by atoms with Crippen molar-refractivity contribution >= 4 is 22.0 Å². The summed E-state index contributed by atoms with van der Waals surface area (Å²) in [6.07, 6.45) is 0.108. The second-order valence-corrected chi connectivity index (χ2v) is 6.79. The smallest absolute Gasteiger partial charge is 0.410 e. The van der Waals surface area contributed by atoms with Gasteiger partial charge in [-0.25, -0.2) is 4.79 Å². The summed E-state index contributed by atoms with van der Waals surface area (Å²) in [5.41, 5.74) is 0.364. The zero-order chi connectivity index (χ0) is 16.8. The summed E-state index contributed by atoms with van der Waals surface area (Å²) in [6.45, 7) is 6.32. The van der Waals surface area contributed by atoms with E-state index in [9.17, 15) is 4.79 Å². The number of hydrogen-bond acceptors (Lipinski definition) is 4. The van der Waals surface area contributed by atoms with Crippen LogP contribution in [0.15, 0.2) is 22.7 Å². The van der Waals surface area contributed by atoms with Crippen molar-refractivity contribution in [1.82, 2.24) is 4.90 Å². The van der Waals surface area contributed by atoms with Crippen LogP contribution in [0.3, 0.4) is 0 Å². The van der Waals surface area contributed by atoms with Gasteiger partial charge in [0.05, 0.1) is 13.7 Å². The van der Waals surface area contributed by atoms with E-state index >= 15 is 0 Å². The van der Waals surface area contributed by atoms with Gasteiger partial charge in [-0.3, -0.25) is 0 Å². The topological polar surface area (TPSA) is 59.0 Å². The number of nitrogens with zero attached hydrogens (tertiary/aromatic N) is 1. The first kappa shape index (κ1) is 18.8. The van der Waals surface area contributed by atoms with Crippen LogP contribution in [0.2, 0.25) is 0 Å². The molecule has 22 heavy (non-hydrogen) atoms. The SMILES string of the molecule is COc1ccc(Br)c(CN(CCCO)C(=O)OC(C)(C)C)c1. The monoisotopic (exact) mass is 373 g/mol. The van der Waals surface area contributed by atoms with Crippen LogP contribution in [-0.2, 0) is 11.3 Å². The fourth-order valence-electron chi connectivity index (χ4n) is 1.83. The Labute approximate surface area is 140 Å². The van der Waals surface area contributed by atoms with E-state index in [1.165, 1.54) is 0 Å². The van der Waals surface area contributed by atoms with Crippen molar-refractivity contribution in [1.29, 1.82) is 0 Å². The third kappa shape index (κ3) is 6.23. The summed E-state index contributed by atoms with van der Waals surface area (Å²) in [4.78, 5) is 13.9. The number of ether oxygens (including phenoxy) is 2. The van der Waals surface area contributed by atoms with Crippen molar-refractivity contribution in [3.05, 3.63) is 28.2 Å². The summed E-state index contributed by atoms with van der Waals surface area (Å²) in [5, 5.41) is 9.02. The van der Waals surface area contributed by atoms with Gasteiger partial charge >= 0.3 is 6.09 Å². The number of carbonyl (C=O) groups excluding carboxylic acids is 1. The molecule has 0 bridgehead atoms. The van der Waals surface area contributed by atoms with Gasteiger partial charge in [-0.15, -0.1) is 0 Å². The number of hydrogen-bond donors (Lipinski definition) is 1. The van der Waals surface area contributed by atoms with Crippen LogP contribution < -0.4 is 4.74 Å². The number of benzene rings is 1. The van der Waals surface area contributed by atoms with Gasteiger partial charge in [0.15, 0.2) is 0 Å². The molecule has 0 radical (unpaired) electrons. The van der Waals surface area contributed by atoms with Crippen molar-refractivity contribution in [3.8, 4) is 5.75 Å². The van der Waals surface area contributed by atoms with Gasteiger partial charge in [0.1, 0.15) is 11.4 Å². The molecule has 0 aromatic heterocycles. The largest absolute Gasteiger partial charge is 0.497 e. The minimum Gasteiger partial charge on any atom is -0.497 e. The number of methoxy groups -OCH3 is 1. The Morgan fingerprint density at radius 3 is 2.59 bits per heavy atom. The summed E-state index contributed by atoms with van der Waals surface area (Å²) in [5.74, 6) is 0.726. The zero-order valence-corrected chi connectivity index (χ0v) is 15.1. The summed E-state index contributed by atoms with van der Waals surface area (Å²) in [7, 11) is 1.60. The minimum atomic E-state index is -0.555. The van der Waals surface area contributed by atoms with Crippen LogP contribution in [0.4, 0.5) is 4.79 Å². The molecule has 1 aromatic rings. The van der Waals surface area contributed by atoms with Gasteiger partial charge in [0, 0.05) is 17.6 Å². The first-order valence-electron chi connectivity index (χ1n) is 7.18.